The lowest BCUT2D eigenvalue weighted by Crippen LogP contribution is -2.49. The van der Waals surface area contributed by atoms with E-state index in [9.17, 15) is 13.5 Å². The molecule has 1 aliphatic rings. The molecule has 2 N–H and O–H groups in total. The maximum absolute atomic E-state index is 13.0. The van der Waals surface area contributed by atoms with Crippen LogP contribution in [0.25, 0.3) is 0 Å². The lowest BCUT2D eigenvalue weighted by Gasteiger charge is -2.34. The van der Waals surface area contributed by atoms with Crippen molar-refractivity contribution in [1.29, 1.82) is 0 Å². The van der Waals surface area contributed by atoms with E-state index in [0.29, 0.717) is 18.4 Å². The van der Waals surface area contributed by atoms with Gasteiger partial charge in [-0.05, 0) is 36.1 Å². The Morgan fingerprint density at radius 2 is 1.79 bits per heavy atom. The molecule has 1 heterocycles. The molecule has 24 heavy (non-hydrogen) atoms. The van der Waals surface area contributed by atoms with Gasteiger partial charge in [0.05, 0.1) is 16.7 Å². The minimum Gasteiger partial charge on any atom is -0.508 e. The molecule has 2 aromatic rings. The van der Waals surface area contributed by atoms with Crippen LogP contribution in [0.4, 0.5) is 0 Å². The van der Waals surface area contributed by atoms with Gasteiger partial charge in [0.25, 0.3) is 0 Å². The van der Waals surface area contributed by atoms with Crippen LogP contribution in [-0.2, 0) is 9.84 Å². The molecule has 2 aromatic carbocycles. The summed E-state index contributed by atoms with van der Waals surface area (Å²) in [6.07, 6.45) is 1.43. The molecular formula is C19H23NO3S. The van der Waals surface area contributed by atoms with Crippen LogP contribution in [0, 0.1) is 0 Å². The molecule has 1 atom stereocenters. The molecule has 128 valence electrons. The topological polar surface area (TPSA) is 66.4 Å². The fourth-order valence-electron chi connectivity index (χ4n) is 3.46. The first-order valence-corrected chi connectivity index (χ1v) is 9.94. The number of phenolic OH excluding ortho intramolecular Hbond substituents is 1. The molecule has 1 aliphatic heterocycles. The van der Waals surface area contributed by atoms with Crippen LogP contribution in [0.5, 0.6) is 5.75 Å². The fraction of sp³-hybridized carbons (Fsp3) is 0.368. The lowest BCUT2D eigenvalue weighted by atomic mass is 9.90. The van der Waals surface area contributed by atoms with Crippen molar-refractivity contribution in [2.75, 3.05) is 5.75 Å². The van der Waals surface area contributed by atoms with Crippen molar-refractivity contribution >= 4 is 9.84 Å². The monoisotopic (exact) mass is 345 g/mol. The van der Waals surface area contributed by atoms with Crippen molar-refractivity contribution < 1.29 is 13.5 Å². The Morgan fingerprint density at radius 3 is 2.42 bits per heavy atom. The predicted octanol–water partition coefficient (Wildman–Crippen LogP) is 3.42. The zero-order valence-corrected chi connectivity index (χ0v) is 14.8. The summed E-state index contributed by atoms with van der Waals surface area (Å²) in [7, 11) is -3.50. The number of aromatic hydroxyl groups is 1. The molecule has 1 unspecified atom stereocenters. The minimum atomic E-state index is -3.50. The van der Waals surface area contributed by atoms with Crippen molar-refractivity contribution in [3.63, 3.8) is 0 Å². The summed E-state index contributed by atoms with van der Waals surface area (Å²) in [6.45, 7) is 4.03. The summed E-state index contributed by atoms with van der Waals surface area (Å²) >= 11 is 0. The first kappa shape index (κ1) is 17.0. The zero-order valence-electron chi connectivity index (χ0n) is 14.0. The van der Waals surface area contributed by atoms with E-state index in [1.807, 2.05) is 44.2 Å². The second-order valence-corrected chi connectivity index (χ2v) is 8.41. The van der Waals surface area contributed by atoms with Gasteiger partial charge in [-0.2, -0.15) is 0 Å². The second kappa shape index (κ2) is 6.22. The van der Waals surface area contributed by atoms with Gasteiger partial charge in [0.1, 0.15) is 5.75 Å². The van der Waals surface area contributed by atoms with E-state index < -0.39 is 15.4 Å². The van der Waals surface area contributed by atoms with Crippen molar-refractivity contribution in [3.8, 4) is 5.75 Å². The normalized spacial score (nSPS) is 21.7. The molecule has 0 aromatic heterocycles. The number of rotatable bonds is 3. The van der Waals surface area contributed by atoms with Crippen molar-refractivity contribution in [2.24, 2.45) is 0 Å². The van der Waals surface area contributed by atoms with Crippen molar-refractivity contribution in [3.05, 3.63) is 59.7 Å². The molecule has 4 nitrogen and oxygen atoms in total. The highest BCUT2D eigenvalue weighted by atomic mass is 32.2. The second-order valence-electron chi connectivity index (χ2n) is 6.46. The standard InChI is InChI=1S/C19H23NO3S/c1-3-19(4-2)13-24(22,23)17-12-15(21)10-11-16(17)18(20-19)14-8-6-5-7-9-14/h5-12,18,20-21H,3-4,13H2,1-2H3. The van der Waals surface area contributed by atoms with E-state index in [1.165, 1.54) is 6.07 Å². The molecule has 0 spiro atoms. The van der Waals surface area contributed by atoms with Crippen LogP contribution < -0.4 is 5.32 Å². The van der Waals surface area contributed by atoms with Gasteiger partial charge < -0.3 is 5.11 Å². The third kappa shape index (κ3) is 2.94. The number of benzene rings is 2. The van der Waals surface area contributed by atoms with E-state index in [1.54, 1.807) is 12.1 Å². The van der Waals surface area contributed by atoms with E-state index in [-0.39, 0.29) is 22.4 Å². The van der Waals surface area contributed by atoms with E-state index in [0.717, 1.165) is 5.56 Å². The summed E-state index contributed by atoms with van der Waals surface area (Å²) in [6, 6.07) is 14.3. The smallest absolute Gasteiger partial charge is 0.180 e. The van der Waals surface area contributed by atoms with Gasteiger partial charge in [0.15, 0.2) is 9.84 Å². The van der Waals surface area contributed by atoms with Gasteiger partial charge in [-0.25, -0.2) is 8.42 Å². The van der Waals surface area contributed by atoms with Crippen LogP contribution in [0.15, 0.2) is 53.4 Å². The molecule has 0 saturated carbocycles. The van der Waals surface area contributed by atoms with E-state index >= 15 is 0 Å². The highest BCUT2D eigenvalue weighted by Gasteiger charge is 2.41. The highest BCUT2D eigenvalue weighted by molar-refractivity contribution is 7.91. The molecular weight excluding hydrogens is 322 g/mol. The highest BCUT2D eigenvalue weighted by Crippen LogP contribution is 2.38. The SMILES string of the molecule is CCC1(CC)CS(=O)(=O)c2cc(O)ccc2C(c2ccccc2)N1. The van der Waals surface area contributed by atoms with Gasteiger partial charge in [0.2, 0.25) is 0 Å². The number of sulfone groups is 1. The molecule has 0 bridgehead atoms. The van der Waals surface area contributed by atoms with E-state index in [2.05, 4.69) is 5.32 Å². The first-order chi connectivity index (χ1) is 11.4. The third-order valence-electron chi connectivity index (χ3n) is 5.05. The Hall–Kier alpha value is -1.85. The van der Waals surface area contributed by atoms with Gasteiger partial charge in [0, 0.05) is 5.54 Å². The third-order valence-corrected chi connectivity index (χ3v) is 7.00. The summed E-state index contributed by atoms with van der Waals surface area (Å²) in [5, 5.41) is 13.4. The molecule has 0 fully saturated rings. The number of nitrogens with one attached hydrogen (secondary N) is 1. The molecule has 0 amide bonds. The van der Waals surface area contributed by atoms with Crippen molar-refractivity contribution in [1.82, 2.24) is 5.32 Å². The molecule has 0 radical (unpaired) electrons. The number of hydrogen-bond donors (Lipinski definition) is 2. The fourth-order valence-corrected chi connectivity index (χ4v) is 5.68. The summed E-state index contributed by atoms with van der Waals surface area (Å²) in [5.41, 5.74) is 1.23. The Kier molecular flexibility index (Phi) is 4.40. The predicted molar refractivity (Wildman–Crippen MR) is 94.9 cm³/mol. The first-order valence-electron chi connectivity index (χ1n) is 8.29. The molecule has 3 rings (SSSR count). The maximum atomic E-state index is 13.0. The Labute approximate surface area is 143 Å². The van der Waals surface area contributed by atoms with Crippen LogP contribution in [0.1, 0.15) is 43.9 Å². The number of fused-ring (bicyclic) bond motifs is 1. The largest absolute Gasteiger partial charge is 0.508 e. The average molecular weight is 345 g/mol. The van der Waals surface area contributed by atoms with Gasteiger partial charge in [-0.3, -0.25) is 5.32 Å². The van der Waals surface area contributed by atoms with Crippen LogP contribution in [0.3, 0.4) is 0 Å². The minimum absolute atomic E-state index is 0.0235. The van der Waals surface area contributed by atoms with E-state index in [4.69, 9.17) is 0 Å². The van der Waals surface area contributed by atoms with Crippen LogP contribution in [0.2, 0.25) is 0 Å². The summed E-state index contributed by atoms with van der Waals surface area (Å²) in [5.74, 6) is 0.0110. The zero-order chi connectivity index (χ0) is 17.4. The molecule has 0 aliphatic carbocycles. The van der Waals surface area contributed by atoms with Crippen molar-refractivity contribution in [2.45, 2.75) is 43.2 Å². The van der Waals surface area contributed by atoms with Crippen LogP contribution >= 0.6 is 0 Å². The summed E-state index contributed by atoms with van der Waals surface area (Å²) in [4.78, 5) is 0.229. The number of phenols is 1. The van der Waals surface area contributed by atoms with Gasteiger partial charge in [-0.15, -0.1) is 0 Å². The summed E-state index contributed by atoms with van der Waals surface area (Å²) < 4.78 is 26.0. The Balaban J connectivity index is 2.26. The van der Waals surface area contributed by atoms with Crippen LogP contribution in [-0.4, -0.2) is 24.8 Å². The molecule has 0 saturated heterocycles. The quantitative estimate of drug-likeness (QED) is 0.894. The Bertz CT molecular complexity index is 827. The number of hydrogen-bond acceptors (Lipinski definition) is 4. The van der Waals surface area contributed by atoms with Gasteiger partial charge >= 0.3 is 0 Å². The maximum Gasteiger partial charge on any atom is 0.180 e. The molecule has 5 heteroatoms. The Morgan fingerprint density at radius 1 is 1.12 bits per heavy atom. The lowest BCUT2D eigenvalue weighted by molar-refractivity contribution is 0.313. The van der Waals surface area contributed by atoms with Gasteiger partial charge in [-0.1, -0.05) is 50.2 Å². The average Bonchev–Trinajstić information content (AvgIpc) is 2.69.